The molecule has 2 atom stereocenters. The normalized spacial score (nSPS) is 18.3. The summed E-state index contributed by atoms with van der Waals surface area (Å²) in [5, 5.41) is 16.8. The molecule has 1 aliphatic heterocycles. The van der Waals surface area contributed by atoms with Crippen molar-refractivity contribution >= 4 is 6.41 Å². The van der Waals surface area contributed by atoms with E-state index in [1.165, 1.54) is 10.9 Å². The molecule has 0 bridgehead atoms. The SMILES string of the molecule is Cc1cc(C2CN(C=O)[C@H](Cc3cc(-n4nccn4)ccc3F)CO2)c(-n2nccn2)cc1C. The molecule has 0 spiro atoms. The fourth-order valence-electron chi connectivity index (χ4n) is 4.25. The number of hydrogen-bond acceptors (Lipinski definition) is 6. The molecule has 2 aromatic carbocycles. The van der Waals surface area contributed by atoms with Gasteiger partial charge in [-0.05, 0) is 61.2 Å². The first-order valence-electron chi connectivity index (χ1n) is 11.0. The number of morpholine rings is 1. The number of benzene rings is 2. The topological polar surface area (TPSA) is 91.0 Å². The zero-order chi connectivity index (χ0) is 23.7. The number of aromatic nitrogens is 6. The maximum atomic E-state index is 14.6. The Labute approximate surface area is 195 Å². The molecule has 1 unspecified atom stereocenters. The van der Waals surface area contributed by atoms with E-state index in [4.69, 9.17) is 4.74 Å². The van der Waals surface area contributed by atoms with Crippen LogP contribution < -0.4 is 0 Å². The maximum Gasteiger partial charge on any atom is 0.210 e. The highest BCUT2D eigenvalue weighted by molar-refractivity contribution is 5.51. The third-order valence-electron chi connectivity index (χ3n) is 6.23. The lowest BCUT2D eigenvalue weighted by Gasteiger charge is -2.38. The third kappa shape index (κ3) is 4.19. The zero-order valence-corrected chi connectivity index (χ0v) is 18.9. The minimum atomic E-state index is -0.355. The van der Waals surface area contributed by atoms with Crippen molar-refractivity contribution in [2.45, 2.75) is 32.4 Å². The predicted octanol–water partition coefficient (Wildman–Crippen LogP) is 2.74. The summed E-state index contributed by atoms with van der Waals surface area (Å²) in [5.41, 5.74) is 5.07. The van der Waals surface area contributed by atoms with Gasteiger partial charge in [0, 0.05) is 5.56 Å². The largest absolute Gasteiger partial charge is 0.369 e. The van der Waals surface area contributed by atoms with Gasteiger partial charge >= 0.3 is 0 Å². The van der Waals surface area contributed by atoms with Crippen LogP contribution in [0.1, 0.15) is 28.4 Å². The van der Waals surface area contributed by atoms with Crippen molar-refractivity contribution in [1.82, 2.24) is 34.9 Å². The third-order valence-corrected chi connectivity index (χ3v) is 6.23. The highest BCUT2D eigenvalue weighted by Gasteiger charge is 2.31. The number of carbonyl (C=O) groups excluding carboxylic acids is 1. The zero-order valence-electron chi connectivity index (χ0n) is 18.9. The standard InChI is InChI=1S/C24H24FN7O2/c1-16-9-21(23(10-17(16)2)32-28-7-8-29-32)24-13-30(15-33)20(14-34-24)12-18-11-19(3-4-22(18)25)31-26-5-6-27-31/h3-11,15,20,24H,12-14H2,1-2H3/t20-,24?/m1/s1. The van der Waals surface area contributed by atoms with Crippen LogP contribution in [0.5, 0.6) is 0 Å². The lowest BCUT2D eigenvalue weighted by molar-refractivity contribution is -0.132. The molecule has 0 saturated carbocycles. The number of carbonyl (C=O) groups is 1. The van der Waals surface area contributed by atoms with Crippen LogP contribution in [0.25, 0.3) is 11.4 Å². The van der Waals surface area contributed by atoms with Gasteiger partial charge in [0.05, 0.1) is 55.4 Å². The summed E-state index contributed by atoms with van der Waals surface area (Å²) < 4.78 is 20.9. The Morgan fingerprint density at radius 3 is 2.38 bits per heavy atom. The van der Waals surface area contributed by atoms with Crippen LogP contribution in [-0.2, 0) is 16.0 Å². The minimum absolute atomic E-state index is 0.270. The van der Waals surface area contributed by atoms with Crippen LogP contribution in [0.4, 0.5) is 4.39 Å². The van der Waals surface area contributed by atoms with Gasteiger partial charge in [0.2, 0.25) is 6.41 Å². The Hall–Kier alpha value is -3.92. The van der Waals surface area contributed by atoms with E-state index in [1.807, 2.05) is 19.9 Å². The van der Waals surface area contributed by atoms with E-state index in [2.05, 4.69) is 26.5 Å². The van der Waals surface area contributed by atoms with Gasteiger partial charge in [-0.3, -0.25) is 4.79 Å². The van der Waals surface area contributed by atoms with E-state index in [1.54, 1.807) is 46.6 Å². The smallest absolute Gasteiger partial charge is 0.210 e. The number of aryl methyl sites for hydroxylation is 2. The minimum Gasteiger partial charge on any atom is -0.369 e. The quantitative estimate of drug-likeness (QED) is 0.410. The summed E-state index contributed by atoms with van der Waals surface area (Å²) in [6.07, 6.45) is 7.13. The van der Waals surface area contributed by atoms with Crippen LogP contribution in [-0.4, -0.2) is 60.5 Å². The lowest BCUT2D eigenvalue weighted by atomic mass is 9.97. The number of rotatable bonds is 6. The van der Waals surface area contributed by atoms with Crippen molar-refractivity contribution < 1.29 is 13.9 Å². The number of nitrogens with zero attached hydrogens (tertiary/aromatic N) is 7. The number of halogens is 1. The molecule has 0 aliphatic carbocycles. The monoisotopic (exact) mass is 461 g/mol. The lowest BCUT2D eigenvalue weighted by Crippen LogP contribution is -2.47. The van der Waals surface area contributed by atoms with E-state index in [9.17, 15) is 9.18 Å². The molecule has 1 aliphatic rings. The number of ether oxygens (including phenoxy) is 1. The van der Waals surface area contributed by atoms with Crippen molar-refractivity contribution in [3.05, 3.63) is 83.2 Å². The molecule has 34 heavy (non-hydrogen) atoms. The molecule has 5 rings (SSSR count). The summed E-state index contributed by atoms with van der Waals surface area (Å²) >= 11 is 0. The first-order valence-corrected chi connectivity index (χ1v) is 11.0. The number of hydrogen-bond donors (Lipinski definition) is 0. The van der Waals surface area contributed by atoms with Gasteiger partial charge in [-0.25, -0.2) is 4.39 Å². The summed E-state index contributed by atoms with van der Waals surface area (Å²) in [4.78, 5) is 16.7. The molecule has 1 fully saturated rings. The van der Waals surface area contributed by atoms with Crippen LogP contribution >= 0.6 is 0 Å². The van der Waals surface area contributed by atoms with Crippen molar-refractivity contribution in [1.29, 1.82) is 0 Å². The van der Waals surface area contributed by atoms with Gasteiger partial charge in [-0.15, -0.1) is 0 Å². The molecule has 2 aromatic heterocycles. The predicted molar refractivity (Wildman–Crippen MR) is 121 cm³/mol. The molecule has 4 aromatic rings. The first-order chi connectivity index (χ1) is 16.5. The Morgan fingerprint density at radius 2 is 1.68 bits per heavy atom. The van der Waals surface area contributed by atoms with Crippen molar-refractivity contribution in [3.63, 3.8) is 0 Å². The van der Waals surface area contributed by atoms with Gasteiger partial charge in [0.1, 0.15) is 11.9 Å². The molecular formula is C24H24FN7O2. The average Bonchev–Trinajstić information content (AvgIpc) is 3.57. The second-order valence-corrected chi connectivity index (χ2v) is 8.39. The highest BCUT2D eigenvalue weighted by atomic mass is 19.1. The molecule has 9 nitrogen and oxygen atoms in total. The molecule has 1 amide bonds. The fourth-order valence-corrected chi connectivity index (χ4v) is 4.25. The van der Waals surface area contributed by atoms with E-state index < -0.39 is 0 Å². The molecular weight excluding hydrogens is 437 g/mol. The molecule has 1 saturated heterocycles. The fraction of sp³-hybridized carbons (Fsp3) is 0.292. The molecule has 10 heteroatoms. The first kappa shape index (κ1) is 21.9. The maximum absolute atomic E-state index is 14.6. The summed E-state index contributed by atoms with van der Waals surface area (Å²) in [6, 6.07) is 8.49. The summed E-state index contributed by atoms with van der Waals surface area (Å²) in [6.45, 7) is 4.68. The summed E-state index contributed by atoms with van der Waals surface area (Å²) in [7, 11) is 0. The van der Waals surface area contributed by atoms with E-state index in [-0.39, 0.29) is 24.6 Å². The van der Waals surface area contributed by atoms with Crippen molar-refractivity contribution in [2.24, 2.45) is 0 Å². The molecule has 0 N–H and O–H groups in total. The molecule has 174 valence electrons. The second kappa shape index (κ2) is 9.14. The highest BCUT2D eigenvalue weighted by Crippen LogP contribution is 2.31. The van der Waals surface area contributed by atoms with Crippen LogP contribution in [0.2, 0.25) is 0 Å². The van der Waals surface area contributed by atoms with Gasteiger partial charge < -0.3 is 9.64 Å². The van der Waals surface area contributed by atoms with Crippen molar-refractivity contribution in [2.75, 3.05) is 13.2 Å². The van der Waals surface area contributed by atoms with Gasteiger partial charge in [-0.2, -0.15) is 30.0 Å². The summed E-state index contributed by atoms with van der Waals surface area (Å²) in [5.74, 6) is -0.343. The van der Waals surface area contributed by atoms with Gasteiger partial charge in [-0.1, -0.05) is 6.07 Å². The van der Waals surface area contributed by atoms with Crippen LogP contribution in [0.3, 0.4) is 0 Å². The van der Waals surface area contributed by atoms with E-state index in [0.717, 1.165) is 28.8 Å². The Morgan fingerprint density at radius 1 is 1.00 bits per heavy atom. The molecule has 0 radical (unpaired) electrons. The van der Waals surface area contributed by atoms with E-state index >= 15 is 0 Å². The van der Waals surface area contributed by atoms with Crippen molar-refractivity contribution in [3.8, 4) is 11.4 Å². The van der Waals surface area contributed by atoms with Crippen LogP contribution in [0.15, 0.2) is 55.1 Å². The molecule has 3 heterocycles. The second-order valence-electron chi connectivity index (χ2n) is 8.39. The number of amides is 1. The average molecular weight is 462 g/mol. The van der Waals surface area contributed by atoms with Gasteiger partial charge in [0.15, 0.2) is 0 Å². The Balaban J connectivity index is 1.39. The Bertz CT molecular complexity index is 1290. The Kier molecular flexibility index (Phi) is 5.89. The van der Waals surface area contributed by atoms with Crippen LogP contribution in [0, 0.1) is 19.7 Å². The van der Waals surface area contributed by atoms with Gasteiger partial charge in [0.25, 0.3) is 0 Å². The van der Waals surface area contributed by atoms with E-state index in [0.29, 0.717) is 24.2 Å².